The van der Waals surface area contributed by atoms with Crippen molar-refractivity contribution in [3.8, 4) is 0 Å². The number of carbonyl (C=O) groups is 1. The molecular weight excluding hydrogens is 416 g/mol. The quantitative estimate of drug-likeness (QED) is 0.750. The molecule has 0 amide bonds. The lowest BCUT2D eigenvalue weighted by Crippen LogP contribution is -2.44. The van der Waals surface area contributed by atoms with Gasteiger partial charge in [0, 0.05) is 36.9 Å². The van der Waals surface area contributed by atoms with E-state index in [4.69, 9.17) is 16.3 Å². The van der Waals surface area contributed by atoms with Crippen LogP contribution in [0.3, 0.4) is 0 Å². The number of aromatic nitrogens is 1. The van der Waals surface area contributed by atoms with Crippen molar-refractivity contribution < 1.29 is 23.4 Å². The van der Waals surface area contributed by atoms with Crippen molar-refractivity contribution >= 4 is 23.4 Å². The predicted octanol–water partition coefficient (Wildman–Crippen LogP) is 3.59. The molecule has 4 rings (SSSR count). The topological polar surface area (TPSA) is 74.7 Å². The maximum absolute atomic E-state index is 14.3. The lowest BCUT2D eigenvalue weighted by molar-refractivity contribution is -0.138. The Labute approximate surface area is 176 Å². The molecule has 6 nitrogen and oxygen atoms in total. The molecule has 2 aliphatic heterocycles. The number of carboxylic acids is 1. The number of anilines is 1. The fraction of sp³-hybridized carbons (Fsp3) is 0.238. The third-order valence-corrected chi connectivity index (χ3v) is 5.46. The Bertz CT molecular complexity index is 1060. The number of carboxylic acid groups (broad SMARTS) is 1. The van der Waals surface area contributed by atoms with Gasteiger partial charge in [0.15, 0.2) is 0 Å². The molecule has 2 aromatic rings. The first kappa shape index (κ1) is 20.3. The summed E-state index contributed by atoms with van der Waals surface area (Å²) in [5.41, 5.74) is 1.28. The zero-order valence-corrected chi connectivity index (χ0v) is 16.6. The minimum Gasteiger partial charge on any atom is -0.480 e. The van der Waals surface area contributed by atoms with Gasteiger partial charge >= 0.3 is 5.97 Å². The van der Waals surface area contributed by atoms with E-state index in [1.54, 1.807) is 24.4 Å². The van der Waals surface area contributed by atoms with E-state index < -0.39 is 35.8 Å². The second kappa shape index (κ2) is 8.04. The average molecular weight is 434 g/mol. The van der Waals surface area contributed by atoms with Crippen molar-refractivity contribution in [1.29, 1.82) is 0 Å². The molecule has 9 heteroatoms. The van der Waals surface area contributed by atoms with Crippen molar-refractivity contribution in [3.05, 3.63) is 82.2 Å². The summed E-state index contributed by atoms with van der Waals surface area (Å²) in [6.07, 6.45) is 6.06. The summed E-state index contributed by atoms with van der Waals surface area (Å²) in [5, 5.41) is 13.5. The first-order chi connectivity index (χ1) is 14.4. The van der Waals surface area contributed by atoms with Crippen LogP contribution < -0.4 is 10.2 Å². The minimum absolute atomic E-state index is 0.0311. The van der Waals surface area contributed by atoms with Gasteiger partial charge in [0.1, 0.15) is 29.7 Å². The van der Waals surface area contributed by atoms with Crippen molar-refractivity contribution in [2.24, 2.45) is 0 Å². The number of fused-ring (bicyclic) bond motifs is 1. The number of allylic oxidation sites excluding steroid dienone is 2. The highest BCUT2D eigenvalue weighted by Gasteiger charge is 2.47. The monoisotopic (exact) mass is 433 g/mol. The first-order valence-corrected chi connectivity index (χ1v) is 9.52. The molecule has 1 aromatic carbocycles. The normalized spacial score (nSPS) is 22.5. The van der Waals surface area contributed by atoms with E-state index in [-0.39, 0.29) is 12.1 Å². The number of rotatable bonds is 5. The van der Waals surface area contributed by atoms with E-state index >= 15 is 0 Å². The number of hydrogen-bond acceptors (Lipinski definition) is 5. The highest BCUT2D eigenvalue weighted by molar-refractivity contribution is 6.30. The summed E-state index contributed by atoms with van der Waals surface area (Å²) < 4.78 is 33.5. The van der Waals surface area contributed by atoms with Crippen LogP contribution in [0, 0.1) is 11.6 Å². The van der Waals surface area contributed by atoms with Gasteiger partial charge in [0.05, 0.1) is 5.02 Å². The van der Waals surface area contributed by atoms with Crippen molar-refractivity contribution in [2.75, 3.05) is 12.0 Å². The summed E-state index contributed by atoms with van der Waals surface area (Å²) in [4.78, 5) is 18.2. The number of pyridine rings is 1. The zero-order valence-electron chi connectivity index (χ0n) is 15.8. The van der Waals surface area contributed by atoms with Crippen molar-refractivity contribution in [2.45, 2.75) is 24.7 Å². The van der Waals surface area contributed by atoms with Crippen LogP contribution in [-0.2, 0) is 16.1 Å². The largest absolute Gasteiger partial charge is 0.480 e. The maximum atomic E-state index is 14.3. The third kappa shape index (κ3) is 3.53. The third-order valence-electron chi connectivity index (χ3n) is 5.25. The van der Waals surface area contributed by atoms with Crippen LogP contribution in [-0.4, -0.2) is 35.4 Å². The Morgan fingerprint density at radius 3 is 2.90 bits per heavy atom. The van der Waals surface area contributed by atoms with Crippen LogP contribution in [0.4, 0.5) is 14.6 Å². The van der Waals surface area contributed by atoms with E-state index in [0.717, 1.165) is 18.2 Å². The molecule has 2 N–H and O–H groups in total. The average Bonchev–Trinajstić information content (AvgIpc) is 3.04. The number of ether oxygens (including phenoxy) is 1. The molecule has 0 saturated heterocycles. The van der Waals surface area contributed by atoms with E-state index in [1.165, 1.54) is 18.2 Å². The second-order valence-corrected chi connectivity index (χ2v) is 7.44. The molecule has 0 bridgehead atoms. The SMILES string of the molecule is COC1NC=CC=C1C1c2cc(Cl)cnc2N(Cc2cc(F)ccc2F)C1C(=O)O. The zero-order chi connectivity index (χ0) is 21.4. The molecule has 0 spiro atoms. The summed E-state index contributed by atoms with van der Waals surface area (Å²) in [7, 11) is 1.51. The van der Waals surface area contributed by atoms with Gasteiger partial charge in [0.25, 0.3) is 0 Å². The maximum Gasteiger partial charge on any atom is 0.327 e. The molecule has 3 atom stereocenters. The first-order valence-electron chi connectivity index (χ1n) is 9.15. The lowest BCUT2D eigenvalue weighted by atomic mass is 9.85. The van der Waals surface area contributed by atoms with Crippen LogP contribution >= 0.6 is 11.6 Å². The number of hydrogen-bond donors (Lipinski definition) is 2. The highest BCUT2D eigenvalue weighted by Crippen LogP contribution is 2.46. The highest BCUT2D eigenvalue weighted by atomic mass is 35.5. The summed E-state index contributed by atoms with van der Waals surface area (Å²) in [6, 6.07) is 3.62. The van der Waals surface area contributed by atoms with Crippen molar-refractivity contribution in [3.63, 3.8) is 0 Å². The smallest absolute Gasteiger partial charge is 0.327 e. The fourth-order valence-electron chi connectivity index (χ4n) is 4.01. The molecule has 0 fully saturated rings. The molecule has 0 saturated carbocycles. The minimum atomic E-state index is -1.13. The van der Waals surface area contributed by atoms with Gasteiger partial charge in [-0.05, 0) is 42.1 Å². The van der Waals surface area contributed by atoms with Crippen LogP contribution in [0.25, 0.3) is 0 Å². The molecule has 0 aliphatic carbocycles. The van der Waals surface area contributed by atoms with E-state index in [2.05, 4.69) is 10.3 Å². The Morgan fingerprint density at radius 2 is 2.17 bits per heavy atom. The number of benzene rings is 1. The fourth-order valence-corrected chi connectivity index (χ4v) is 4.18. The summed E-state index contributed by atoms with van der Waals surface area (Å²) in [6.45, 7) is -0.174. The Hall–Kier alpha value is -2.97. The molecule has 30 heavy (non-hydrogen) atoms. The number of nitrogens with zero attached hydrogens (tertiary/aromatic N) is 2. The Kier molecular flexibility index (Phi) is 5.44. The second-order valence-electron chi connectivity index (χ2n) is 7.00. The predicted molar refractivity (Wildman–Crippen MR) is 107 cm³/mol. The number of dihydropyridines is 1. The van der Waals surface area contributed by atoms with Gasteiger partial charge in [-0.15, -0.1) is 0 Å². The molecule has 3 heterocycles. The molecular formula is C21H18ClF2N3O3. The number of methoxy groups -OCH3 is 1. The van der Waals surface area contributed by atoms with Crippen LogP contribution in [0.1, 0.15) is 17.0 Å². The van der Waals surface area contributed by atoms with E-state index in [1.807, 2.05) is 0 Å². The number of nitrogens with one attached hydrogen (secondary N) is 1. The molecule has 0 radical (unpaired) electrons. The number of halogens is 3. The van der Waals surface area contributed by atoms with Crippen LogP contribution in [0.2, 0.25) is 5.02 Å². The van der Waals surface area contributed by atoms with Gasteiger partial charge < -0.3 is 20.1 Å². The van der Waals surface area contributed by atoms with E-state index in [0.29, 0.717) is 22.0 Å². The summed E-state index contributed by atoms with van der Waals surface area (Å²) in [5.74, 6) is -2.68. The van der Waals surface area contributed by atoms with Gasteiger partial charge in [0.2, 0.25) is 0 Å². The molecule has 2 aliphatic rings. The van der Waals surface area contributed by atoms with Crippen molar-refractivity contribution in [1.82, 2.24) is 10.3 Å². The van der Waals surface area contributed by atoms with Gasteiger partial charge in [-0.25, -0.2) is 18.6 Å². The molecule has 3 unspecified atom stereocenters. The summed E-state index contributed by atoms with van der Waals surface area (Å²) >= 11 is 6.16. The van der Waals surface area contributed by atoms with Crippen LogP contribution in [0.15, 0.2) is 54.4 Å². The standard InChI is InChI=1S/C21H18ClF2N3O3/c1-30-20-14(3-2-6-25-20)17-15-8-12(22)9-26-19(15)27(18(17)21(28)29)10-11-7-13(23)4-5-16(11)24/h2-9,17-18,20,25H,10H2,1H3,(H,28,29). The Morgan fingerprint density at radius 1 is 1.37 bits per heavy atom. The Balaban J connectivity index is 1.85. The lowest BCUT2D eigenvalue weighted by Gasteiger charge is -2.31. The molecule has 1 aromatic heterocycles. The number of aliphatic carboxylic acids is 1. The van der Waals surface area contributed by atoms with Crippen LogP contribution in [0.5, 0.6) is 0 Å². The molecule has 156 valence electrons. The van der Waals surface area contributed by atoms with Gasteiger partial charge in [-0.2, -0.15) is 0 Å². The van der Waals surface area contributed by atoms with Gasteiger partial charge in [-0.3, -0.25) is 0 Å². The van der Waals surface area contributed by atoms with E-state index in [9.17, 15) is 18.7 Å². The van der Waals surface area contributed by atoms with Gasteiger partial charge in [-0.1, -0.05) is 17.7 Å².